The number of benzene rings is 1. The van der Waals surface area contributed by atoms with Crippen molar-refractivity contribution in [2.45, 2.75) is 52.9 Å². The number of nitrogens with zero attached hydrogens (tertiary/aromatic N) is 3. The van der Waals surface area contributed by atoms with Crippen molar-refractivity contribution in [3.05, 3.63) is 23.8 Å². The van der Waals surface area contributed by atoms with Gasteiger partial charge in [-0.15, -0.1) is 0 Å². The second kappa shape index (κ2) is 9.45. The van der Waals surface area contributed by atoms with Crippen LogP contribution in [0, 0.1) is 12.8 Å². The summed E-state index contributed by atoms with van der Waals surface area (Å²) >= 11 is 0. The summed E-state index contributed by atoms with van der Waals surface area (Å²) in [5.41, 5.74) is 3.36. The quantitative estimate of drug-likeness (QED) is 0.821. The van der Waals surface area contributed by atoms with Gasteiger partial charge < -0.3 is 19.9 Å². The molecule has 0 spiro atoms. The molecule has 6 heteroatoms. The molecule has 29 heavy (non-hydrogen) atoms. The van der Waals surface area contributed by atoms with E-state index < -0.39 is 0 Å². The monoisotopic (exact) mass is 402 g/mol. The van der Waals surface area contributed by atoms with Gasteiger partial charge in [-0.25, -0.2) is 0 Å². The zero-order valence-corrected chi connectivity index (χ0v) is 18.9. The number of morpholine rings is 1. The first-order valence-electron chi connectivity index (χ1n) is 11.0. The van der Waals surface area contributed by atoms with Crippen molar-refractivity contribution in [2.75, 3.05) is 56.5 Å². The maximum atomic E-state index is 13.2. The summed E-state index contributed by atoms with van der Waals surface area (Å²) in [7, 11) is 2.17. The molecule has 2 aliphatic rings. The molecule has 2 saturated heterocycles. The fourth-order valence-corrected chi connectivity index (χ4v) is 4.69. The number of anilines is 2. The lowest BCUT2D eigenvalue weighted by molar-refractivity contribution is -0.130. The third-order valence-corrected chi connectivity index (χ3v) is 6.05. The molecule has 3 rings (SSSR count). The van der Waals surface area contributed by atoms with Crippen LogP contribution < -0.4 is 10.2 Å². The molecule has 1 amide bonds. The van der Waals surface area contributed by atoms with E-state index in [4.69, 9.17) is 4.74 Å². The predicted molar refractivity (Wildman–Crippen MR) is 120 cm³/mol. The van der Waals surface area contributed by atoms with Crippen molar-refractivity contribution in [3.8, 4) is 0 Å². The minimum atomic E-state index is -0.151. The Bertz CT molecular complexity index is 690. The minimum absolute atomic E-state index is 0.0769. The van der Waals surface area contributed by atoms with Gasteiger partial charge in [-0.3, -0.25) is 9.69 Å². The largest absolute Gasteiger partial charge is 0.373 e. The number of hydrogen-bond acceptors (Lipinski definition) is 5. The Morgan fingerprint density at radius 1 is 1.10 bits per heavy atom. The molecule has 2 heterocycles. The average molecular weight is 403 g/mol. The molecule has 2 fully saturated rings. The topological polar surface area (TPSA) is 48.1 Å². The van der Waals surface area contributed by atoms with Crippen LogP contribution in [0.4, 0.5) is 11.4 Å². The fraction of sp³-hybridized carbons (Fsp3) is 0.696. The van der Waals surface area contributed by atoms with Crippen LogP contribution in [0.5, 0.6) is 0 Å². The number of rotatable bonds is 5. The molecule has 1 N–H and O–H groups in total. The van der Waals surface area contributed by atoms with Crippen molar-refractivity contribution in [3.63, 3.8) is 0 Å². The molecule has 1 aromatic rings. The van der Waals surface area contributed by atoms with Gasteiger partial charge in [0.1, 0.15) is 0 Å². The van der Waals surface area contributed by atoms with Gasteiger partial charge in [-0.05, 0) is 57.5 Å². The third-order valence-electron chi connectivity index (χ3n) is 6.05. The Morgan fingerprint density at radius 2 is 1.72 bits per heavy atom. The smallest absolute Gasteiger partial charge is 0.241 e. The number of ether oxygens (including phenoxy) is 1. The summed E-state index contributed by atoms with van der Waals surface area (Å²) < 4.78 is 5.86. The van der Waals surface area contributed by atoms with Crippen LogP contribution in [0.25, 0.3) is 0 Å². The average Bonchev–Trinajstić information content (AvgIpc) is 2.62. The number of likely N-dealkylation sites (N-methyl/N-ethyl adjacent to an activating group) is 1. The van der Waals surface area contributed by atoms with E-state index in [9.17, 15) is 4.79 Å². The van der Waals surface area contributed by atoms with E-state index in [1.165, 1.54) is 11.3 Å². The van der Waals surface area contributed by atoms with Crippen molar-refractivity contribution >= 4 is 17.3 Å². The van der Waals surface area contributed by atoms with Gasteiger partial charge in [0.25, 0.3) is 0 Å². The van der Waals surface area contributed by atoms with Crippen LogP contribution in [-0.2, 0) is 9.53 Å². The van der Waals surface area contributed by atoms with E-state index in [1.54, 1.807) is 0 Å². The highest BCUT2D eigenvalue weighted by Crippen LogP contribution is 2.26. The number of carbonyl (C=O) groups excluding carboxylic acids is 1. The Morgan fingerprint density at radius 3 is 2.28 bits per heavy atom. The van der Waals surface area contributed by atoms with E-state index in [-0.39, 0.29) is 30.1 Å². The molecule has 3 atom stereocenters. The lowest BCUT2D eigenvalue weighted by Gasteiger charge is -2.41. The zero-order valence-electron chi connectivity index (χ0n) is 18.9. The molecule has 0 saturated carbocycles. The van der Waals surface area contributed by atoms with Gasteiger partial charge in [-0.2, -0.15) is 0 Å². The molecular formula is C23H38N4O2. The molecule has 2 aliphatic heterocycles. The van der Waals surface area contributed by atoms with Gasteiger partial charge in [0.15, 0.2) is 0 Å². The van der Waals surface area contributed by atoms with Gasteiger partial charge in [0.05, 0.1) is 18.2 Å². The summed E-state index contributed by atoms with van der Waals surface area (Å²) in [6.45, 7) is 16.4. The Kier molecular flexibility index (Phi) is 7.19. The number of nitrogens with one attached hydrogen (secondary N) is 1. The van der Waals surface area contributed by atoms with E-state index >= 15 is 0 Å². The van der Waals surface area contributed by atoms with Crippen LogP contribution in [0.15, 0.2) is 18.2 Å². The number of aryl methyl sites for hydroxylation is 1. The van der Waals surface area contributed by atoms with Crippen LogP contribution in [0.1, 0.15) is 33.3 Å². The maximum Gasteiger partial charge on any atom is 0.241 e. The highest BCUT2D eigenvalue weighted by Gasteiger charge is 2.34. The summed E-state index contributed by atoms with van der Waals surface area (Å²) in [4.78, 5) is 20.3. The summed E-state index contributed by atoms with van der Waals surface area (Å²) in [5, 5.41) is 3.18. The first kappa shape index (κ1) is 22.1. The number of amides is 1. The molecule has 6 nitrogen and oxygen atoms in total. The molecule has 162 valence electrons. The molecule has 1 aromatic carbocycles. The van der Waals surface area contributed by atoms with E-state index in [0.717, 1.165) is 45.0 Å². The van der Waals surface area contributed by atoms with Crippen LogP contribution in [0.3, 0.4) is 0 Å². The molecule has 0 bridgehead atoms. The second-order valence-electron chi connectivity index (χ2n) is 9.18. The summed E-state index contributed by atoms with van der Waals surface area (Å²) in [6, 6.07) is 6.15. The number of carbonyl (C=O) groups is 1. The van der Waals surface area contributed by atoms with E-state index in [1.807, 2.05) is 6.07 Å². The third kappa shape index (κ3) is 5.50. The molecular weight excluding hydrogens is 364 g/mol. The van der Waals surface area contributed by atoms with Crippen molar-refractivity contribution in [2.24, 2.45) is 5.92 Å². The molecule has 0 aromatic heterocycles. The van der Waals surface area contributed by atoms with E-state index in [0.29, 0.717) is 0 Å². The highest BCUT2D eigenvalue weighted by molar-refractivity contribution is 5.95. The van der Waals surface area contributed by atoms with Crippen LogP contribution in [-0.4, -0.2) is 80.3 Å². The minimum Gasteiger partial charge on any atom is -0.373 e. The molecule has 0 aliphatic carbocycles. The summed E-state index contributed by atoms with van der Waals surface area (Å²) in [5.74, 6) is 0.311. The normalized spacial score (nSPS) is 25.3. The Balaban J connectivity index is 1.69. The first-order valence-corrected chi connectivity index (χ1v) is 11.0. The van der Waals surface area contributed by atoms with Crippen LogP contribution in [0.2, 0.25) is 0 Å². The van der Waals surface area contributed by atoms with E-state index in [2.05, 4.69) is 73.8 Å². The van der Waals surface area contributed by atoms with Crippen molar-refractivity contribution < 1.29 is 9.53 Å². The molecule has 3 unspecified atom stereocenters. The lowest BCUT2D eigenvalue weighted by atomic mass is 9.99. The summed E-state index contributed by atoms with van der Waals surface area (Å²) in [6.07, 6.45) is 0.302. The molecule has 0 radical (unpaired) electrons. The SMILES string of the molecule is Cc1cc(NC(=O)C(C(C)C)N2CC(C)OC(C)C2)ccc1N1CCN(C)CC1. The second-order valence-corrected chi connectivity index (χ2v) is 9.18. The highest BCUT2D eigenvalue weighted by atomic mass is 16.5. The van der Waals surface area contributed by atoms with Crippen LogP contribution >= 0.6 is 0 Å². The zero-order chi connectivity index (χ0) is 21.1. The van der Waals surface area contributed by atoms with Crippen molar-refractivity contribution in [1.29, 1.82) is 0 Å². The Hall–Kier alpha value is -1.63. The lowest BCUT2D eigenvalue weighted by Crippen LogP contribution is -2.55. The fourth-order valence-electron chi connectivity index (χ4n) is 4.69. The number of hydrogen-bond donors (Lipinski definition) is 1. The van der Waals surface area contributed by atoms with Crippen molar-refractivity contribution in [1.82, 2.24) is 9.80 Å². The first-order chi connectivity index (χ1) is 13.7. The van der Waals surface area contributed by atoms with Gasteiger partial charge >= 0.3 is 0 Å². The predicted octanol–water partition coefficient (Wildman–Crippen LogP) is 2.82. The maximum absolute atomic E-state index is 13.2. The van der Waals surface area contributed by atoms with Gasteiger partial charge in [0, 0.05) is 50.6 Å². The standard InChI is InChI=1S/C23H38N4O2/c1-16(2)22(27-14-18(4)29-19(5)15-27)23(28)24-20-7-8-21(17(3)13-20)26-11-9-25(6)10-12-26/h7-8,13,16,18-19,22H,9-12,14-15H2,1-6H3,(H,24,28). The Labute approximate surface area is 176 Å². The van der Waals surface area contributed by atoms with Gasteiger partial charge in [0.2, 0.25) is 5.91 Å². The van der Waals surface area contributed by atoms with Gasteiger partial charge in [-0.1, -0.05) is 13.8 Å². The number of piperazine rings is 1.